The van der Waals surface area contributed by atoms with Crippen LogP contribution in [0.25, 0.3) is 0 Å². The largest absolute Gasteiger partial charge is 0.481 e. The Kier molecular flexibility index (Phi) is 3.98. The smallest absolute Gasteiger partial charge is 0.309 e. The van der Waals surface area contributed by atoms with Crippen LogP contribution in [0.1, 0.15) is 22.9 Å². The first-order valence-corrected chi connectivity index (χ1v) is 7.45. The Labute approximate surface area is 138 Å². The van der Waals surface area contributed by atoms with Crippen LogP contribution in [0.2, 0.25) is 0 Å². The highest BCUT2D eigenvalue weighted by molar-refractivity contribution is 7.71. The van der Waals surface area contributed by atoms with Crippen molar-refractivity contribution in [2.45, 2.75) is 25.3 Å². The van der Waals surface area contributed by atoms with Gasteiger partial charge in [-0.2, -0.15) is 0 Å². The molecule has 4 nitrogen and oxygen atoms in total. The van der Waals surface area contributed by atoms with E-state index in [2.05, 4.69) is 0 Å². The van der Waals surface area contributed by atoms with E-state index in [1.807, 2.05) is 0 Å². The number of aliphatic carboxylic acids is 1. The second-order valence-electron chi connectivity index (χ2n) is 5.70. The third-order valence-corrected chi connectivity index (χ3v) is 4.79. The van der Waals surface area contributed by atoms with Crippen molar-refractivity contribution in [2.24, 2.45) is 7.05 Å². The summed E-state index contributed by atoms with van der Waals surface area (Å²) >= 11 is 5.21. The second kappa shape index (κ2) is 5.73. The van der Waals surface area contributed by atoms with Crippen molar-refractivity contribution in [3.8, 4) is 0 Å². The summed E-state index contributed by atoms with van der Waals surface area (Å²) in [6.07, 6.45) is -0.262. The van der Waals surface area contributed by atoms with Crippen LogP contribution in [0.3, 0.4) is 0 Å². The molecule has 0 radical (unpaired) electrons. The van der Waals surface area contributed by atoms with Gasteiger partial charge in [0, 0.05) is 36.8 Å². The molecule has 24 heavy (non-hydrogen) atoms. The number of nitrogens with zero attached hydrogens (tertiary/aromatic N) is 2. The number of carbonyl (C=O) groups is 1. The van der Waals surface area contributed by atoms with E-state index in [1.165, 1.54) is 4.57 Å². The van der Waals surface area contributed by atoms with Gasteiger partial charge in [-0.1, -0.05) is 0 Å². The van der Waals surface area contributed by atoms with E-state index in [1.54, 1.807) is 11.6 Å². The van der Waals surface area contributed by atoms with Gasteiger partial charge in [0.1, 0.15) is 0 Å². The Morgan fingerprint density at radius 1 is 1.29 bits per heavy atom. The van der Waals surface area contributed by atoms with Gasteiger partial charge in [0.2, 0.25) is 0 Å². The van der Waals surface area contributed by atoms with Crippen molar-refractivity contribution in [1.29, 1.82) is 0 Å². The van der Waals surface area contributed by atoms with Crippen LogP contribution in [0, 0.1) is 28.0 Å². The van der Waals surface area contributed by atoms with E-state index >= 15 is 0 Å². The van der Waals surface area contributed by atoms with Gasteiger partial charge in [0.05, 0.1) is 12.1 Å². The first-order valence-electron chi connectivity index (χ1n) is 7.04. The number of carboxylic acid groups (broad SMARTS) is 1. The van der Waals surface area contributed by atoms with Crippen LogP contribution in [0.15, 0.2) is 6.07 Å². The van der Waals surface area contributed by atoms with Gasteiger partial charge in [-0.05, 0) is 18.6 Å². The summed E-state index contributed by atoms with van der Waals surface area (Å²) in [5.41, 5.74) is 0.251. The fraction of sp³-hybridized carbons (Fsp3) is 0.333. The molecule has 0 aliphatic carbocycles. The fourth-order valence-corrected chi connectivity index (χ4v) is 3.50. The summed E-state index contributed by atoms with van der Waals surface area (Å²) in [5.74, 6) is -7.72. The van der Waals surface area contributed by atoms with Gasteiger partial charge in [-0.25, -0.2) is 17.6 Å². The van der Waals surface area contributed by atoms with Gasteiger partial charge in [-0.15, -0.1) is 0 Å². The molecule has 0 unspecified atom stereocenters. The quantitative estimate of drug-likeness (QED) is 0.520. The van der Waals surface area contributed by atoms with Gasteiger partial charge >= 0.3 is 5.97 Å². The second-order valence-corrected chi connectivity index (χ2v) is 6.06. The molecule has 1 aromatic carbocycles. The predicted molar refractivity (Wildman–Crippen MR) is 78.3 cm³/mol. The summed E-state index contributed by atoms with van der Waals surface area (Å²) < 4.78 is 58.2. The molecule has 1 aliphatic rings. The molecule has 1 aliphatic heterocycles. The molecule has 1 atom stereocenters. The highest BCUT2D eigenvalue weighted by atomic mass is 32.1. The van der Waals surface area contributed by atoms with Gasteiger partial charge in [0.15, 0.2) is 28.0 Å². The van der Waals surface area contributed by atoms with Crippen molar-refractivity contribution in [2.75, 3.05) is 0 Å². The topological polar surface area (TPSA) is 47.2 Å². The minimum Gasteiger partial charge on any atom is -0.481 e. The molecular formula is C15H12F4N2O2S. The van der Waals surface area contributed by atoms with Crippen molar-refractivity contribution in [3.05, 3.63) is 51.1 Å². The number of aromatic nitrogens is 2. The zero-order chi connectivity index (χ0) is 17.8. The molecule has 0 amide bonds. The Bertz CT molecular complexity index is 893. The third kappa shape index (κ3) is 2.43. The fourth-order valence-electron chi connectivity index (χ4n) is 3.20. The normalized spacial score (nSPS) is 16.5. The zero-order valence-corrected chi connectivity index (χ0v) is 13.3. The zero-order valence-electron chi connectivity index (χ0n) is 12.4. The summed E-state index contributed by atoms with van der Waals surface area (Å²) in [7, 11) is 1.60. The number of fused-ring (bicyclic) bond motifs is 1. The first kappa shape index (κ1) is 16.7. The van der Waals surface area contributed by atoms with E-state index < -0.39 is 40.7 Å². The molecular weight excluding hydrogens is 348 g/mol. The van der Waals surface area contributed by atoms with Crippen LogP contribution >= 0.6 is 12.2 Å². The van der Waals surface area contributed by atoms with Gasteiger partial charge in [-0.3, -0.25) is 4.79 Å². The van der Waals surface area contributed by atoms with Crippen molar-refractivity contribution < 1.29 is 27.5 Å². The molecule has 128 valence electrons. The van der Waals surface area contributed by atoms with E-state index in [4.69, 9.17) is 17.3 Å². The number of carboxylic acids is 1. The minimum absolute atomic E-state index is 0.0261. The maximum absolute atomic E-state index is 14.0. The molecule has 1 aromatic heterocycles. The maximum atomic E-state index is 14.0. The van der Waals surface area contributed by atoms with Crippen molar-refractivity contribution in [1.82, 2.24) is 9.13 Å². The highest BCUT2D eigenvalue weighted by Crippen LogP contribution is 2.36. The summed E-state index contributed by atoms with van der Waals surface area (Å²) in [6, 6.07) is 0.164. The Morgan fingerprint density at radius 2 is 1.88 bits per heavy atom. The first-order chi connectivity index (χ1) is 11.2. The summed E-state index contributed by atoms with van der Waals surface area (Å²) in [5, 5.41) is 9.00. The molecule has 0 fully saturated rings. The van der Waals surface area contributed by atoms with Crippen LogP contribution in [-0.2, 0) is 31.2 Å². The van der Waals surface area contributed by atoms with E-state index in [9.17, 15) is 22.4 Å². The highest BCUT2D eigenvalue weighted by Gasteiger charge is 2.34. The van der Waals surface area contributed by atoms with Gasteiger partial charge < -0.3 is 14.2 Å². The number of hydrogen-bond donors (Lipinski definition) is 1. The lowest BCUT2D eigenvalue weighted by Crippen LogP contribution is -2.12. The van der Waals surface area contributed by atoms with E-state index in [-0.39, 0.29) is 25.5 Å². The Morgan fingerprint density at radius 3 is 2.42 bits per heavy atom. The van der Waals surface area contributed by atoms with Crippen LogP contribution in [0.5, 0.6) is 0 Å². The van der Waals surface area contributed by atoms with Crippen LogP contribution in [-0.4, -0.2) is 20.2 Å². The monoisotopic (exact) mass is 360 g/mol. The summed E-state index contributed by atoms with van der Waals surface area (Å²) in [6.45, 7) is 0.0261. The third-order valence-electron chi connectivity index (χ3n) is 4.30. The summed E-state index contributed by atoms with van der Waals surface area (Å²) in [4.78, 5) is 11.0. The molecule has 1 N–H and O–H groups in total. The minimum atomic E-state index is -1.46. The van der Waals surface area contributed by atoms with E-state index in [0.29, 0.717) is 16.2 Å². The maximum Gasteiger partial charge on any atom is 0.309 e. The predicted octanol–water partition coefficient (Wildman–Crippen LogP) is 3.08. The van der Waals surface area contributed by atoms with Crippen molar-refractivity contribution >= 4 is 18.2 Å². The van der Waals surface area contributed by atoms with Crippen molar-refractivity contribution in [3.63, 3.8) is 0 Å². The number of benzene rings is 1. The number of halogens is 4. The van der Waals surface area contributed by atoms with Crippen LogP contribution in [0.4, 0.5) is 17.6 Å². The lowest BCUT2D eigenvalue weighted by atomic mass is 9.94. The number of hydrogen-bond acceptors (Lipinski definition) is 2. The molecule has 0 bridgehead atoms. The number of rotatable bonds is 3. The molecule has 2 aromatic rings. The number of imidazole rings is 1. The standard InChI is InChI=1S/C15H12F4N2O2S/c1-20-9(4-11(22)23)10-2-6(5-21(10)15(20)24)12-13(18)7(16)3-8(17)14(12)19/h3,6H,2,4-5H2,1H3,(H,22,23)/t6-/m0/s1. The van der Waals surface area contributed by atoms with E-state index in [0.717, 1.165) is 0 Å². The Hall–Kier alpha value is -2.16. The van der Waals surface area contributed by atoms with Gasteiger partial charge in [0.25, 0.3) is 0 Å². The molecule has 0 spiro atoms. The average Bonchev–Trinajstić information content (AvgIpc) is 3.01. The molecule has 0 saturated heterocycles. The molecule has 3 rings (SSSR count). The molecule has 2 heterocycles. The lowest BCUT2D eigenvalue weighted by molar-refractivity contribution is -0.136. The average molecular weight is 360 g/mol. The SMILES string of the molecule is Cn1c(CC(=O)O)c2n(c1=S)C[C@@H](c1c(F)c(F)cc(F)c1F)C2. The molecule has 0 saturated carbocycles. The lowest BCUT2D eigenvalue weighted by Gasteiger charge is -2.14. The Balaban J connectivity index is 2.08. The van der Waals surface area contributed by atoms with Crippen LogP contribution < -0.4 is 0 Å². The molecule has 9 heteroatoms.